The molecule has 2 saturated carbocycles. The number of rotatable bonds is 0. The van der Waals surface area contributed by atoms with E-state index in [2.05, 4.69) is 0 Å². The van der Waals surface area contributed by atoms with Crippen LogP contribution in [0.2, 0.25) is 0 Å². The third-order valence-corrected chi connectivity index (χ3v) is 4.10. The van der Waals surface area contributed by atoms with Gasteiger partial charge in [-0.2, -0.15) is 0 Å². The molecule has 3 aliphatic rings. The first kappa shape index (κ1) is 16.7. The molecule has 122 valence electrons. The van der Waals surface area contributed by atoms with E-state index in [9.17, 15) is 22.4 Å². The van der Waals surface area contributed by atoms with Crippen LogP contribution in [-0.4, -0.2) is 36.6 Å². The molecule has 21 heavy (non-hydrogen) atoms. The first-order valence-electron chi connectivity index (χ1n) is 7.27. The molecule has 1 aliphatic heterocycles. The number of hydrogen-bond donors (Lipinski definition) is 0. The van der Waals surface area contributed by atoms with Crippen LogP contribution in [-0.2, 0) is 14.3 Å². The zero-order valence-corrected chi connectivity index (χ0v) is 11.8. The Morgan fingerprint density at radius 1 is 0.714 bits per heavy atom. The van der Waals surface area contributed by atoms with Crippen molar-refractivity contribution >= 4 is 5.78 Å². The van der Waals surface area contributed by atoms with Crippen molar-refractivity contribution in [1.82, 2.24) is 0 Å². The maximum atomic E-state index is 12.7. The van der Waals surface area contributed by atoms with Crippen LogP contribution in [0.1, 0.15) is 51.4 Å². The second-order valence-electron chi connectivity index (χ2n) is 5.86. The normalized spacial score (nSPS) is 29.8. The summed E-state index contributed by atoms with van der Waals surface area (Å²) in [5.74, 6) is -5.74. The average Bonchev–Trinajstić information content (AvgIpc) is 2.87. The number of carbonyl (C=O) groups is 1. The summed E-state index contributed by atoms with van der Waals surface area (Å²) >= 11 is 0. The van der Waals surface area contributed by atoms with Crippen molar-refractivity contribution in [2.45, 2.75) is 69.0 Å². The first-order chi connectivity index (χ1) is 9.72. The molecule has 0 bridgehead atoms. The molecule has 0 atom stereocenters. The Morgan fingerprint density at radius 3 is 1.57 bits per heavy atom. The largest absolute Gasteiger partial charge is 0.348 e. The fourth-order valence-electron chi connectivity index (χ4n) is 2.68. The summed E-state index contributed by atoms with van der Waals surface area (Å²) < 4.78 is 60.5. The van der Waals surface area contributed by atoms with E-state index in [1.165, 1.54) is 0 Å². The van der Waals surface area contributed by atoms with Crippen molar-refractivity contribution in [3.05, 3.63) is 0 Å². The highest BCUT2D eigenvalue weighted by molar-refractivity contribution is 5.79. The average molecular weight is 312 g/mol. The zero-order valence-electron chi connectivity index (χ0n) is 11.8. The predicted octanol–water partition coefficient (Wildman–Crippen LogP) is 3.70. The molecule has 0 amide bonds. The van der Waals surface area contributed by atoms with Crippen LogP contribution in [0.15, 0.2) is 0 Å². The molecule has 0 aromatic rings. The number of alkyl halides is 4. The van der Waals surface area contributed by atoms with Crippen molar-refractivity contribution < 1.29 is 31.8 Å². The van der Waals surface area contributed by atoms with Gasteiger partial charge in [0.2, 0.25) is 11.8 Å². The van der Waals surface area contributed by atoms with Gasteiger partial charge >= 0.3 is 0 Å². The standard InChI is InChI=1S/C8H12F2O2.C6H8F2O/c9-7(10)1-3-8(4-2-7)11-5-6-12-8;7-6(8)3-1-5(9)2-4-6/h1-6H2;1-4H2. The molecule has 0 N–H and O–H groups in total. The van der Waals surface area contributed by atoms with Crippen LogP contribution in [0.5, 0.6) is 0 Å². The van der Waals surface area contributed by atoms with Gasteiger partial charge in [0.1, 0.15) is 5.78 Å². The molecule has 2 aliphatic carbocycles. The van der Waals surface area contributed by atoms with E-state index in [1.54, 1.807) is 0 Å². The van der Waals surface area contributed by atoms with Gasteiger partial charge in [0.05, 0.1) is 13.2 Å². The Kier molecular flexibility index (Phi) is 4.92. The van der Waals surface area contributed by atoms with Crippen molar-refractivity contribution in [3.8, 4) is 0 Å². The van der Waals surface area contributed by atoms with Crippen LogP contribution in [0, 0.1) is 0 Å². The summed E-state index contributed by atoms with van der Waals surface area (Å²) in [5.41, 5.74) is 0. The van der Waals surface area contributed by atoms with Gasteiger partial charge in [0.25, 0.3) is 0 Å². The second kappa shape index (κ2) is 6.20. The first-order valence-corrected chi connectivity index (χ1v) is 7.27. The Hall–Kier alpha value is -0.690. The minimum Gasteiger partial charge on any atom is -0.348 e. The lowest BCUT2D eigenvalue weighted by atomic mass is 9.91. The van der Waals surface area contributed by atoms with E-state index < -0.39 is 17.6 Å². The summed E-state index contributed by atoms with van der Waals surface area (Å²) in [4.78, 5) is 10.4. The van der Waals surface area contributed by atoms with E-state index in [0.29, 0.717) is 26.1 Å². The molecule has 3 fully saturated rings. The van der Waals surface area contributed by atoms with Crippen LogP contribution in [0.4, 0.5) is 17.6 Å². The van der Waals surface area contributed by atoms with Gasteiger partial charge in [0, 0.05) is 51.4 Å². The molecular weight excluding hydrogens is 292 g/mol. The van der Waals surface area contributed by atoms with Gasteiger partial charge in [-0.25, -0.2) is 17.6 Å². The van der Waals surface area contributed by atoms with Crippen molar-refractivity contribution in [1.29, 1.82) is 0 Å². The number of carbonyl (C=O) groups excluding carboxylic acids is 1. The molecule has 3 nitrogen and oxygen atoms in total. The summed E-state index contributed by atoms with van der Waals surface area (Å²) in [5, 5.41) is 0. The van der Waals surface area contributed by atoms with Crippen LogP contribution in [0.3, 0.4) is 0 Å². The molecule has 0 radical (unpaired) electrons. The summed E-state index contributed by atoms with van der Waals surface area (Å²) in [6.45, 7) is 1.09. The Labute approximate surface area is 121 Å². The summed E-state index contributed by atoms with van der Waals surface area (Å²) in [6.07, 6.45) is 0.0949. The third kappa shape index (κ3) is 4.92. The molecule has 1 heterocycles. The van der Waals surface area contributed by atoms with Gasteiger partial charge in [-0.1, -0.05) is 0 Å². The maximum Gasteiger partial charge on any atom is 0.249 e. The predicted molar refractivity (Wildman–Crippen MR) is 66.5 cm³/mol. The molecule has 0 aromatic carbocycles. The lowest BCUT2D eigenvalue weighted by Gasteiger charge is -2.34. The van der Waals surface area contributed by atoms with Gasteiger partial charge in [-0.05, 0) is 0 Å². The van der Waals surface area contributed by atoms with Gasteiger partial charge in [-0.3, -0.25) is 4.79 Å². The van der Waals surface area contributed by atoms with Crippen LogP contribution >= 0.6 is 0 Å². The highest BCUT2D eigenvalue weighted by atomic mass is 19.3. The molecule has 7 heteroatoms. The number of Topliss-reactive ketones (excluding diaryl/α,β-unsaturated/α-hetero) is 1. The van der Waals surface area contributed by atoms with Crippen LogP contribution in [0.25, 0.3) is 0 Å². The molecular formula is C14H20F4O3. The van der Waals surface area contributed by atoms with E-state index in [-0.39, 0.29) is 44.3 Å². The van der Waals surface area contributed by atoms with Gasteiger partial charge < -0.3 is 9.47 Å². The molecule has 0 aromatic heterocycles. The van der Waals surface area contributed by atoms with E-state index in [0.717, 1.165) is 0 Å². The van der Waals surface area contributed by atoms with Crippen molar-refractivity contribution in [2.75, 3.05) is 13.2 Å². The van der Waals surface area contributed by atoms with E-state index in [4.69, 9.17) is 9.47 Å². The fourth-order valence-corrected chi connectivity index (χ4v) is 2.68. The lowest BCUT2D eigenvalue weighted by molar-refractivity contribution is -0.210. The number of ether oxygens (including phenoxy) is 2. The monoisotopic (exact) mass is 312 g/mol. The molecule has 1 spiro atoms. The second-order valence-corrected chi connectivity index (χ2v) is 5.86. The summed E-state index contributed by atoms with van der Waals surface area (Å²) in [6, 6.07) is 0. The van der Waals surface area contributed by atoms with Crippen LogP contribution < -0.4 is 0 Å². The van der Waals surface area contributed by atoms with Gasteiger partial charge in [0.15, 0.2) is 5.79 Å². The van der Waals surface area contributed by atoms with Gasteiger partial charge in [-0.15, -0.1) is 0 Å². The van der Waals surface area contributed by atoms with E-state index >= 15 is 0 Å². The number of halogens is 4. The minimum absolute atomic E-state index is 0.0269. The Bertz CT molecular complexity index is 354. The van der Waals surface area contributed by atoms with E-state index in [1.807, 2.05) is 0 Å². The molecule has 3 rings (SSSR count). The minimum atomic E-state index is -2.56. The number of hydrogen-bond acceptors (Lipinski definition) is 3. The Balaban J connectivity index is 0.000000161. The zero-order chi connectivity index (χ0) is 15.6. The quantitative estimate of drug-likeness (QED) is 0.640. The highest BCUT2D eigenvalue weighted by Gasteiger charge is 2.46. The Morgan fingerprint density at radius 2 is 1.14 bits per heavy atom. The SMILES string of the molecule is FC1(F)CCC2(CC1)OCCO2.O=C1CCC(F)(F)CC1. The van der Waals surface area contributed by atoms with Crippen molar-refractivity contribution in [3.63, 3.8) is 0 Å². The lowest BCUT2D eigenvalue weighted by Crippen LogP contribution is -2.39. The van der Waals surface area contributed by atoms with Crippen molar-refractivity contribution in [2.24, 2.45) is 0 Å². The maximum absolute atomic E-state index is 12.7. The molecule has 0 unspecified atom stereocenters. The fraction of sp³-hybridized carbons (Fsp3) is 0.929. The molecule has 1 saturated heterocycles. The topological polar surface area (TPSA) is 35.5 Å². The highest BCUT2D eigenvalue weighted by Crippen LogP contribution is 2.42. The third-order valence-electron chi connectivity index (χ3n) is 4.10. The summed E-state index contributed by atoms with van der Waals surface area (Å²) in [7, 11) is 0. The number of ketones is 1. The smallest absolute Gasteiger partial charge is 0.249 e.